The van der Waals surface area contributed by atoms with Crippen molar-refractivity contribution in [2.75, 3.05) is 13.7 Å². The van der Waals surface area contributed by atoms with Crippen LogP contribution in [0.5, 0.6) is 11.5 Å². The van der Waals surface area contributed by atoms with Gasteiger partial charge in [0.15, 0.2) is 17.2 Å². The van der Waals surface area contributed by atoms with Gasteiger partial charge in [-0.3, -0.25) is 0 Å². The van der Waals surface area contributed by atoms with Crippen LogP contribution in [0.1, 0.15) is 18.1 Å². The zero-order valence-corrected chi connectivity index (χ0v) is 14.5. The fraction of sp³-hybridized carbons (Fsp3) is 0.158. The molecule has 128 valence electrons. The molecule has 1 heterocycles. The molecule has 0 spiro atoms. The van der Waals surface area contributed by atoms with Gasteiger partial charge in [-0.15, -0.1) is 0 Å². The maximum absolute atomic E-state index is 12.1. The molecule has 0 radical (unpaired) electrons. The number of halogens is 1. The van der Waals surface area contributed by atoms with Crippen molar-refractivity contribution < 1.29 is 19.0 Å². The molecule has 0 bridgehead atoms. The number of rotatable bonds is 5. The molecule has 0 unspecified atom stereocenters. The van der Waals surface area contributed by atoms with Gasteiger partial charge in [0, 0.05) is 10.6 Å². The molecular formula is C19H16ClNO4. The normalized spacial score (nSPS) is 15.1. The van der Waals surface area contributed by atoms with Gasteiger partial charge < -0.3 is 14.2 Å². The first-order valence-electron chi connectivity index (χ1n) is 7.70. The topological polar surface area (TPSA) is 57.1 Å². The zero-order valence-electron chi connectivity index (χ0n) is 13.8. The molecule has 6 heteroatoms. The number of cyclic esters (lactones) is 1. The fourth-order valence-electron chi connectivity index (χ4n) is 2.33. The molecule has 0 atom stereocenters. The van der Waals surface area contributed by atoms with Crippen LogP contribution in [0.3, 0.4) is 0 Å². The highest BCUT2D eigenvalue weighted by atomic mass is 35.5. The summed E-state index contributed by atoms with van der Waals surface area (Å²) >= 11 is 5.87. The predicted octanol–water partition coefficient (Wildman–Crippen LogP) is 4.09. The second kappa shape index (κ2) is 7.40. The lowest BCUT2D eigenvalue weighted by Gasteiger charge is -2.09. The van der Waals surface area contributed by atoms with E-state index in [9.17, 15) is 4.79 Å². The maximum atomic E-state index is 12.1. The third-order valence-electron chi connectivity index (χ3n) is 3.50. The Morgan fingerprint density at radius 3 is 2.60 bits per heavy atom. The van der Waals surface area contributed by atoms with Crippen LogP contribution >= 0.6 is 11.6 Å². The molecule has 1 aliphatic rings. The molecule has 0 aliphatic carbocycles. The summed E-state index contributed by atoms with van der Waals surface area (Å²) in [5.74, 6) is 0.987. The van der Waals surface area contributed by atoms with Gasteiger partial charge in [0.05, 0.1) is 13.7 Å². The molecule has 0 saturated carbocycles. The van der Waals surface area contributed by atoms with Crippen molar-refractivity contribution >= 4 is 29.5 Å². The Morgan fingerprint density at radius 2 is 1.92 bits per heavy atom. The summed E-state index contributed by atoms with van der Waals surface area (Å²) in [7, 11) is 1.58. The minimum absolute atomic E-state index is 0.220. The van der Waals surface area contributed by atoms with Crippen molar-refractivity contribution in [3.63, 3.8) is 0 Å². The number of esters is 1. The monoisotopic (exact) mass is 357 g/mol. The Morgan fingerprint density at radius 1 is 1.16 bits per heavy atom. The van der Waals surface area contributed by atoms with Crippen LogP contribution in [0.25, 0.3) is 6.08 Å². The summed E-state index contributed by atoms with van der Waals surface area (Å²) in [4.78, 5) is 16.3. The molecule has 5 nitrogen and oxygen atoms in total. The molecular weight excluding hydrogens is 342 g/mol. The second-order valence-electron chi connectivity index (χ2n) is 5.19. The van der Waals surface area contributed by atoms with Gasteiger partial charge in [0.2, 0.25) is 5.90 Å². The van der Waals surface area contributed by atoms with E-state index < -0.39 is 5.97 Å². The molecule has 3 rings (SSSR count). The van der Waals surface area contributed by atoms with Crippen molar-refractivity contribution in [2.24, 2.45) is 4.99 Å². The van der Waals surface area contributed by atoms with Crippen molar-refractivity contribution in [3.05, 3.63) is 64.3 Å². The lowest BCUT2D eigenvalue weighted by Crippen LogP contribution is -2.05. The quantitative estimate of drug-likeness (QED) is 0.597. The first-order valence-corrected chi connectivity index (χ1v) is 8.08. The molecule has 2 aromatic carbocycles. The molecule has 1 aliphatic heterocycles. The fourth-order valence-corrected chi connectivity index (χ4v) is 2.46. The van der Waals surface area contributed by atoms with Crippen molar-refractivity contribution in [2.45, 2.75) is 6.92 Å². The van der Waals surface area contributed by atoms with Crippen LogP contribution in [-0.4, -0.2) is 25.6 Å². The van der Waals surface area contributed by atoms with Gasteiger partial charge in [0.1, 0.15) is 0 Å². The number of methoxy groups -OCH3 is 1. The minimum atomic E-state index is -0.501. The Bertz CT molecular complexity index is 856. The lowest BCUT2D eigenvalue weighted by molar-refractivity contribution is -0.129. The summed E-state index contributed by atoms with van der Waals surface area (Å²) in [5.41, 5.74) is 1.67. The summed E-state index contributed by atoms with van der Waals surface area (Å²) in [6, 6.07) is 12.3. The molecule has 0 N–H and O–H groups in total. The SMILES string of the molecule is CCOc1cc(C=C2N=C(c3ccc(Cl)cc3)OC2=O)ccc1OC. The molecule has 2 aromatic rings. The summed E-state index contributed by atoms with van der Waals surface area (Å²) in [6.45, 7) is 2.40. The van der Waals surface area contributed by atoms with E-state index >= 15 is 0 Å². The van der Waals surface area contributed by atoms with Crippen molar-refractivity contribution in [1.82, 2.24) is 0 Å². The van der Waals surface area contributed by atoms with E-state index in [1.54, 1.807) is 49.6 Å². The van der Waals surface area contributed by atoms with E-state index in [1.807, 2.05) is 13.0 Å². The third kappa shape index (κ3) is 3.83. The lowest BCUT2D eigenvalue weighted by atomic mass is 10.1. The largest absolute Gasteiger partial charge is 0.493 e. The van der Waals surface area contributed by atoms with Crippen LogP contribution in [0.15, 0.2) is 53.2 Å². The minimum Gasteiger partial charge on any atom is -0.493 e. The number of hydrogen-bond acceptors (Lipinski definition) is 5. The predicted molar refractivity (Wildman–Crippen MR) is 96.2 cm³/mol. The first kappa shape index (κ1) is 17.0. The highest BCUT2D eigenvalue weighted by molar-refractivity contribution is 6.30. The molecule has 0 amide bonds. The van der Waals surface area contributed by atoms with Gasteiger partial charge in [-0.05, 0) is 55.0 Å². The number of benzene rings is 2. The average Bonchev–Trinajstić information content (AvgIpc) is 2.97. The highest BCUT2D eigenvalue weighted by Crippen LogP contribution is 2.29. The number of ether oxygens (including phenoxy) is 3. The van der Waals surface area contributed by atoms with Gasteiger partial charge in [-0.25, -0.2) is 9.79 Å². The van der Waals surface area contributed by atoms with Crippen molar-refractivity contribution in [1.29, 1.82) is 0 Å². The Hall–Kier alpha value is -2.79. The highest BCUT2D eigenvalue weighted by Gasteiger charge is 2.24. The summed E-state index contributed by atoms with van der Waals surface area (Å²) in [5, 5.41) is 0.603. The van der Waals surface area contributed by atoms with E-state index in [2.05, 4.69) is 4.99 Å². The Balaban J connectivity index is 1.91. The van der Waals surface area contributed by atoms with Crippen LogP contribution in [0.2, 0.25) is 5.02 Å². The number of carbonyl (C=O) groups is 1. The number of aliphatic imine (C=N–C) groups is 1. The molecule has 0 aromatic heterocycles. The average molecular weight is 358 g/mol. The summed E-state index contributed by atoms with van der Waals surface area (Å²) in [6.07, 6.45) is 1.65. The van der Waals surface area contributed by atoms with Gasteiger partial charge in [-0.2, -0.15) is 0 Å². The number of hydrogen-bond donors (Lipinski definition) is 0. The van der Waals surface area contributed by atoms with Gasteiger partial charge in [0.25, 0.3) is 0 Å². The Labute approximate surface area is 150 Å². The maximum Gasteiger partial charge on any atom is 0.363 e. The number of carbonyl (C=O) groups excluding carboxylic acids is 1. The smallest absolute Gasteiger partial charge is 0.363 e. The second-order valence-corrected chi connectivity index (χ2v) is 5.62. The zero-order chi connectivity index (χ0) is 17.8. The standard InChI is InChI=1S/C19H16ClNO4/c1-3-24-17-11-12(4-9-16(17)23-2)10-15-19(22)25-18(21-15)13-5-7-14(20)8-6-13/h4-11H,3H2,1-2H3. The molecule has 25 heavy (non-hydrogen) atoms. The van der Waals surface area contributed by atoms with E-state index in [1.165, 1.54) is 0 Å². The van der Waals surface area contributed by atoms with E-state index in [-0.39, 0.29) is 11.6 Å². The van der Waals surface area contributed by atoms with Gasteiger partial charge in [-0.1, -0.05) is 17.7 Å². The van der Waals surface area contributed by atoms with Crippen LogP contribution < -0.4 is 9.47 Å². The third-order valence-corrected chi connectivity index (χ3v) is 3.75. The van der Waals surface area contributed by atoms with Crippen molar-refractivity contribution in [3.8, 4) is 11.5 Å². The van der Waals surface area contributed by atoms with Crippen LogP contribution in [0.4, 0.5) is 0 Å². The first-order chi connectivity index (χ1) is 12.1. The summed E-state index contributed by atoms with van der Waals surface area (Å²) < 4.78 is 16.0. The van der Waals surface area contributed by atoms with E-state index in [4.69, 9.17) is 25.8 Å². The number of nitrogens with zero attached hydrogens (tertiary/aromatic N) is 1. The van der Waals surface area contributed by atoms with Gasteiger partial charge >= 0.3 is 5.97 Å². The van der Waals surface area contributed by atoms with E-state index in [0.29, 0.717) is 28.7 Å². The Kier molecular flexibility index (Phi) is 5.05. The van der Waals surface area contributed by atoms with Crippen LogP contribution in [-0.2, 0) is 9.53 Å². The van der Waals surface area contributed by atoms with E-state index in [0.717, 1.165) is 5.56 Å². The molecule has 0 saturated heterocycles. The van der Waals surface area contributed by atoms with Crippen LogP contribution in [0, 0.1) is 0 Å². The molecule has 0 fully saturated rings.